The van der Waals surface area contributed by atoms with E-state index in [9.17, 15) is 4.79 Å². The van der Waals surface area contributed by atoms with Crippen LogP contribution in [0.15, 0.2) is 30.3 Å². The van der Waals surface area contributed by atoms with Crippen LogP contribution in [0.4, 0.5) is 0 Å². The van der Waals surface area contributed by atoms with E-state index in [1.165, 1.54) is 6.08 Å². The average Bonchev–Trinajstić information content (AvgIpc) is 2.34. The lowest BCUT2D eigenvalue weighted by Gasteiger charge is -2.15. The summed E-state index contributed by atoms with van der Waals surface area (Å²) in [5.41, 5.74) is 0.852. The number of nitrogens with zero attached hydrogens (tertiary/aromatic N) is 1. The van der Waals surface area contributed by atoms with Crippen molar-refractivity contribution in [2.45, 2.75) is 19.4 Å². The number of carbonyl (C=O) groups excluding carboxylic acids is 1. The molecule has 0 bridgehead atoms. The number of rotatable bonds is 5. The van der Waals surface area contributed by atoms with Crippen LogP contribution in [0.5, 0.6) is 5.75 Å². The molecule has 1 atom stereocenters. The van der Waals surface area contributed by atoms with Crippen LogP contribution in [0.3, 0.4) is 0 Å². The Bertz CT molecular complexity index is 410. The summed E-state index contributed by atoms with van der Waals surface area (Å²) in [7, 11) is 1.70. The number of amides is 1. The normalized spacial score (nSPS) is 12.6. The number of aromatic hydroxyl groups is 1. The molecule has 0 spiro atoms. The lowest BCUT2D eigenvalue weighted by atomic mass is 10.2. The van der Waals surface area contributed by atoms with E-state index in [2.05, 4.69) is 0 Å². The minimum absolute atomic E-state index is 0.108. The largest absolute Gasteiger partial charge is 0.508 e. The molecule has 0 saturated carbocycles. The number of aliphatic hydroxyl groups is 1. The van der Waals surface area contributed by atoms with Crippen molar-refractivity contribution in [3.63, 3.8) is 0 Å². The molecule has 2 N–H and O–H groups in total. The third-order valence-corrected chi connectivity index (χ3v) is 2.57. The van der Waals surface area contributed by atoms with Crippen molar-refractivity contribution in [1.82, 2.24) is 4.90 Å². The van der Waals surface area contributed by atoms with E-state index in [0.29, 0.717) is 13.0 Å². The molecular formula is C14H19NO3. The van der Waals surface area contributed by atoms with Gasteiger partial charge in [0.1, 0.15) is 5.75 Å². The van der Waals surface area contributed by atoms with Crippen LogP contribution in [0.25, 0.3) is 6.08 Å². The standard InChI is InChI=1S/C14H19NO3/c1-11(16)9-10-15(2)14(18)8-5-12-3-6-13(17)7-4-12/h3-8,11,16-17H,9-10H2,1-2H3/b8-5+. The molecule has 4 heteroatoms. The minimum Gasteiger partial charge on any atom is -0.508 e. The van der Waals surface area contributed by atoms with Gasteiger partial charge in [-0.3, -0.25) is 4.79 Å². The van der Waals surface area contributed by atoms with Gasteiger partial charge >= 0.3 is 0 Å². The van der Waals surface area contributed by atoms with Crippen LogP contribution in [0.1, 0.15) is 18.9 Å². The van der Waals surface area contributed by atoms with Crippen molar-refractivity contribution in [2.75, 3.05) is 13.6 Å². The fourth-order valence-electron chi connectivity index (χ4n) is 1.37. The third kappa shape index (κ3) is 5.01. The molecule has 0 radical (unpaired) electrons. The third-order valence-electron chi connectivity index (χ3n) is 2.57. The van der Waals surface area contributed by atoms with Gasteiger partial charge in [0, 0.05) is 19.7 Å². The topological polar surface area (TPSA) is 60.8 Å². The molecule has 1 amide bonds. The Balaban J connectivity index is 2.50. The quantitative estimate of drug-likeness (QED) is 0.780. The number of hydrogen-bond donors (Lipinski definition) is 2. The first-order chi connectivity index (χ1) is 8.49. The van der Waals surface area contributed by atoms with E-state index in [1.54, 1.807) is 49.2 Å². The number of carbonyl (C=O) groups is 1. The van der Waals surface area contributed by atoms with Gasteiger partial charge in [-0.05, 0) is 37.1 Å². The summed E-state index contributed by atoms with van der Waals surface area (Å²) in [6.45, 7) is 2.22. The lowest BCUT2D eigenvalue weighted by molar-refractivity contribution is -0.124. The number of aliphatic hydroxyl groups excluding tert-OH is 1. The molecule has 0 aliphatic heterocycles. The van der Waals surface area contributed by atoms with E-state index in [4.69, 9.17) is 10.2 Å². The van der Waals surface area contributed by atoms with E-state index in [0.717, 1.165) is 5.56 Å². The zero-order chi connectivity index (χ0) is 13.5. The van der Waals surface area contributed by atoms with E-state index < -0.39 is 6.10 Å². The number of benzene rings is 1. The zero-order valence-electron chi connectivity index (χ0n) is 10.7. The van der Waals surface area contributed by atoms with Crippen LogP contribution >= 0.6 is 0 Å². The highest BCUT2D eigenvalue weighted by molar-refractivity contribution is 5.91. The highest BCUT2D eigenvalue weighted by Crippen LogP contribution is 2.10. The Morgan fingerprint density at radius 1 is 1.39 bits per heavy atom. The Labute approximate surface area is 107 Å². The van der Waals surface area contributed by atoms with Gasteiger partial charge in [0.2, 0.25) is 5.91 Å². The second-order valence-electron chi connectivity index (χ2n) is 4.32. The Hall–Kier alpha value is -1.81. The maximum absolute atomic E-state index is 11.7. The summed E-state index contributed by atoms with van der Waals surface area (Å²) >= 11 is 0. The Morgan fingerprint density at radius 2 is 2.00 bits per heavy atom. The van der Waals surface area contributed by atoms with Gasteiger partial charge in [0.25, 0.3) is 0 Å². The van der Waals surface area contributed by atoms with Crippen LogP contribution in [0.2, 0.25) is 0 Å². The van der Waals surface area contributed by atoms with Crippen molar-refractivity contribution < 1.29 is 15.0 Å². The predicted octanol–water partition coefficient (Wildman–Crippen LogP) is 1.63. The summed E-state index contributed by atoms with van der Waals surface area (Å²) < 4.78 is 0. The number of likely N-dealkylation sites (N-methyl/N-ethyl adjacent to an activating group) is 1. The van der Waals surface area contributed by atoms with Crippen molar-refractivity contribution in [2.24, 2.45) is 0 Å². The fourth-order valence-corrected chi connectivity index (χ4v) is 1.37. The number of hydrogen-bond acceptors (Lipinski definition) is 3. The summed E-state index contributed by atoms with van der Waals surface area (Å²) in [4.78, 5) is 13.3. The highest BCUT2D eigenvalue weighted by atomic mass is 16.3. The molecule has 0 saturated heterocycles. The molecule has 0 aromatic heterocycles. The molecule has 1 aromatic carbocycles. The van der Waals surface area contributed by atoms with Crippen LogP contribution in [-0.2, 0) is 4.79 Å². The summed E-state index contributed by atoms with van der Waals surface area (Å²) in [5.74, 6) is 0.0938. The highest BCUT2D eigenvalue weighted by Gasteiger charge is 2.05. The first-order valence-electron chi connectivity index (χ1n) is 5.89. The molecule has 0 aliphatic rings. The molecule has 1 unspecified atom stereocenters. The molecular weight excluding hydrogens is 230 g/mol. The van der Waals surface area contributed by atoms with Crippen molar-refractivity contribution in [3.8, 4) is 5.75 Å². The molecule has 1 rings (SSSR count). The van der Waals surface area contributed by atoms with Crippen molar-refractivity contribution >= 4 is 12.0 Å². The summed E-state index contributed by atoms with van der Waals surface area (Å²) in [6.07, 6.45) is 3.34. The molecule has 4 nitrogen and oxygen atoms in total. The maximum atomic E-state index is 11.7. The molecule has 18 heavy (non-hydrogen) atoms. The summed E-state index contributed by atoms with van der Waals surface area (Å²) in [6, 6.07) is 6.60. The number of phenols is 1. The van der Waals surface area contributed by atoms with Crippen LogP contribution in [0, 0.1) is 0 Å². The van der Waals surface area contributed by atoms with Gasteiger partial charge in [-0.25, -0.2) is 0 Å². The minimum atomic E-state index is -0.402. The van der Waals surface area contributed by atoms with Crippen LogP contribution < -0.4 is 0 Å². The monoisotopic (exact) mass is 249 g/mol. The van der Waals surface area contributed by atoms with E-state index >= 15 is 0 Å². The first-order valence-corrected chi connectivity index (χ1v) is 5.89. The zero-order valence-corrected chi connectivity index (χ0v) is 10.7. The van der Waals surface area contributed by atoms with Gasteiger partial charge in [-0.1, -0.05) is 12.1 Å². The van der Waals surface area contributed by atoms with Gasteiger partial charge < -0.3 is 15.1 Å². The van der Waals surface area contributed by atoms with Gasteiger partial charge in [-0.2, -0.15) is 0 Å². The van der Waals surface area contributed by atoms with E-state index in [1.807, 2.05) is 0 Å². The van der Waals surface area contributed by atoms with Crippen molar-refractivity contribution in [1.29, 1.82) is 0 Å². The van der Waals surface area contributed by atoms with Gasteiger partial charge in [0.15, 0.2) is 0 Å². The molecule has 98 valence electrons. The maximum Gasteiger partial charge on any atom is 0.246 e. The molecule has 0 aliphatic carbocycles. The van der Waals surface area contributed by atoms with Gasteiger partial charge in [-0.15, -0.1) is 0 Å². The second kappa shape index (κ2) is 6.81. The Kier molecular flexibility index (Phi) is 5.39. The van der Waals surface area contributed by atoms with E-state index in [-0.39, 0.29) is 11.7 Å². The lowest BCUT2D eigenvalue weighted by Crippen LogP contribution is -2.27. The van der Waals surface area contributed by atoms with Crippen LogP contribution in [-0.4, -0.2) is 40.7 Å². The van der Waals surface area contributed by atoms with Crippen molar-refractivity contribution in [3.05, 3.63) is 35.9 Å². The SMILES string of the molecule is CC(O)CCN(C)C(=O)/C=C/c1ccc(O)cc1. The number of phenolic OH excluding ortho intramolecular Hbond substituents is 1. The Morgan fingerprint density at radius 3 is 2.56 bits per heavy atom. The van der Waals surface area contributed by atoms with Gasteiger partial charge in [0.05, 0.1) is 6.10 Å². The average molecular weight is 249 g/mol. The second-order valence-corrected chi connectivity index (χ2v) is 4.32. The predicted molar refractivity (Wildman–Crippen MR) is 71.1 cm³/mol. The first kappa shape index (κ1) is 14.3. The summed E-state index contributed by atoms with van der Waals surface area (Å²) in [5, 5.41) is 18.3. The fraction of sp³-hybridized carbons (Fsp3) is 0.357. The molecule has 0 heterocycles. The smallest absolute Gasteiger partial charge is 0.246 e. The molecule has 1 aromatic rings. The molecule has 0 fully saturated rings.